The maximum atomic E-state index is 11.9. The van der Waals surface area contributed by atoms with Crippen LogP contribution in [-0.4, -0.2) is 23.2 Å². The van der Waals surface area contributed by atoms with E-state index in [1.165, 1.54) is 0 Å². The van der Waals surface area contributed by atoms with Crippen molar-refractivity contribution in [3.63, 3.8) is 0 Å². The second-order valence-corrected chi connectivity index (χ2v) is 4.86. The lowest BCUT2D eigenvalue weighted by molar-refractivity contribution is -0.139. The van der Waals surface area contributed by atoms with Crippen LogP contribution in [0.4, 0.5) is 4.79 Å². The highest BCUT2D eigenvalue weighted by Gasteiger charge is 2.28. The molecule has 0 radical (unpaired) electrons. The minimum atomic E-state index is -1.11. The number of carbonyl (C=O) groups is 2. The number of carbonyl (C=O) groups excluding carboxylic acids is 1. The van der Waals surface area contributed by atoms with Gasteiger partial charge in [-0.15, -0.1) is 0 Å². The Balaban J connectivity index is 2.06. The van der Waals surface area contributed by atoms with Crippen LogP contribution in [0.5, 0.6) is 5.75 Å². The maximum absolute atomic E-state index is 11.9. The third kappa shape index (κ3) is 4.09. The van der Waals surface area contributed by atoms with Crippen LogP contribution in [0.1, 0.15) is 18.4 Å². The molecule has 2 rings (SSSR count). The number of carboxylic acids is 1. The summed E-state index contributed by atoms with van der Waals surface area (Å²) in [6.07, 6.45) is -0.790. The average molecular weight is 299 g/mol. The molecule has 2 atom stereocenters. The zero-order chi connectivity index (χ0) is 15.9. The van der Waals surface area contributed by atoms with Crippen LogP contribution < -0.4 is 10.1 Å². The van der Waals surface area contributed by atoms with Crippen LogP contribution in [-0.2, 0) is 4.79 Å². The summed E-state index contributed by atoms with van der Waals surface area (Å²) in [5.41, 5.74) is 0.829. The molecular formula is C17H17NO4. The minimum absolute atomic E-state index is 0.358. The van der Waals surface area contributed by atoms with Gasteiger partial charge in [-0.3, -0.25) is 0 Å². The molecule has 0 spiro atoms. The van der Waals surface area contributed by atoms with Crippen LogP contribution in [0.15, 0.2) is 60.7 Å². The molecule has 5 nitrogen and oxygen atoms in total. The Bertz CT molecular complexity index is 628. The first kappa shape index (κ1) is 15.6. The van der Waals surface area contributed by atoms with Gasteiger partial charge in [0.05, 0.1) is 0 Å². The van der Waals surface area contributed by atoms with Gasteiger partial charge in [0.2, 0.25) is 0 Å². The molecule has 0 aliphatic carbocycles. The molecule has 114 valence electrons. The van der Waals surface area contributed by atoms with E-state index in [0.717, 1.165) is 5.56 Å². The normalized spacial score (nSPS) is 13.0. The third-order valence-corrected chi connectivity index (χ3v) is 3.32. The van der Waals surface area contributed by atoms with Crippen LogP contribution in [0.25, 0.3) is 0 Å². The van der Waals surface area contributed by atoms with Crippen LogP contribution in [0.2, 0.25) is 0 Å². The van der Waals surface area contributed by atoms with E-state index in [0.29, 0.717) is 5.75 Å². The fourth-order valence-corrected chi connectivity index (χ4v) is 2.10. The smallest absolute Gasteiger partial charge is 0.413 e. The van der Waals surface area contributed by atoms with Gasteiger partial charge in [0.25, 0.3) is 0 Å². The Morgan fingerprint density at radius 2 is 1.55 bits per heavy atom. The summed E-state index contributed by atoms with van der Waals surface area (Å²) in [5, 5.41) is 11.8. The molecule has 2 aromatic carbocycles. The standard InChI is InChI=1S/C17H17NO4/c1-12(13-8-4-2-5-9-13)15(16(19)20)18-17(21)22-14-10-6-3-7-11-14/h2-12,15H,1H3,(H,18,21)(H,19,20)/t12-,15-/m0/s1. The molecule has 22 heavy (non-hydrogen) atoms. The van der Waals surface area contributed by atoms with Crippen molar-refractivity contribution in [3.05, 3.63) is 66.2 Å². The highest BCUT2D eigenvalue weighted by atomic mass is 16.6. The minimum Gasteiger partial charge on any atom is -0.480 e. The number of hydrogen-bond acceptors (Lipinski definition) is 3. The number of ether oxygens (including phenoxy) is 1. The number of nitrogens with one attached hydrogen (secondary N) is 1. The molecule has 0 bridgehead atoms. The van der Waals surface area contributed by atoms with E-state index in [2.05, 4.69) is 5.32 Å². The SMILES string of the molecule is C[C@@H](c1ccccc1)[C@H](NC(=O)Oc1ccccc1)C(=O)O. The van der Waals surface area contributed by atoms with Gasteiger partial charge in [0.1, 0.15) is 11.8 Å². The van der Waals surface area contributed by atoms with Crippen molar-refractivity contribution in [2.24, 2.45) is 0 Å². The van der Waals surface area contributed by atoms with E-state index < -0.39 is 18.1 Å². The van der Waals surface area contributed by atoms with Crippen LogP contribution >= 0.6 is 0 Å². The molecule has 1 amide bonds. The number of carboxylic acid groups (broad SMARTS) is 1. The van der Waals surface area contributed by atoms with Gasteiger partial charge in [-0.1, -0.05) is 55.5 Å². The van der Waals surface area contributed by atoms with Gasteiger partial charge < -0.3 is 15.2 Å². The predicted octanol–water partition coefficient (Wildman–Crippen LogP) is 3.03. The van der Waals surface area contributed by atoms with Crippen molar-refractivity contribution < 1.29 is 19.4 Å². The molecule has 0 aliphatic rings. The molecule has 0 heterocycles. The van der Waals surface area contributed by atoms with Crippen molar-refractivity contribution >= 4 is 12.1 Å². The largest absolute Gasteiger partial charge is 0.480 e. The summed E-state index contributed by atoms with van der Waals surface area (Å²) in [4.78, 5) is 23.3. The molecule has 2 aromatic rings. The van der Waals surface area contributed by atoms with Crippen LogP contribution in [0, 0.1) is 0 Å². The fourth-order valence-electron chi connectivity index (χ4n) is 2.10. The molecule has 0 saturated carbocycles. The van der Waals surface area contributed by atoms with Crippen molar-refractivity contribution in [1.29, 1.82) is 0 Å². The summed E-state index contributed by atoms with van der Waals surface area (Å²) in [6.45, 7) is 1.75. The molecular weight excluding hydrogens is 282 g/mol. The first-order valence-corrected chi connectivity index (χ1v) is 6.89. The lowest BCUT2D eigenvalue weighted by Gasteiger charge is -2.21. The topological polar surface area (TPSA) is 75.6 Å². The lowest BCUT2D eigenvalue weighted by Crippen LogP contribution is -2.45. The second-order valence-electron chi connectivity index (χ2n) is 4.86. The van der Waals surface area contributed by atoms with Gasteiger partial charge in [-0.2, -0.15) is 0 Å². The lowest BCUT2D eigenvalue weighted by atomic mass is 9.93. The van der Waals surface area contributed by atoms with Crippen molar-refractivity contribution in [1.82, 2.24) is 5.32 Å². The molecule has 0 aliphatic heterocycles. The van der Waals surface area contributed by atoms with Crippen LogP contribution in [0.3, 0.4) is 0 Å². The molecule has 2 N–H and O–H groups in total. The summed E-state index contributed by atoms with van der Waals surface area (Å²) in [5.74, 6) is -1.14. The summed E-state index contributed by atoms with van der Waals surface area (Å²) < 4.78 is 5.07. The van der Waals surface area contributed by atoms with Crippen molar-refractivity contribution in [2.45, 2.75) is 18.9 Å². The third-order valence-electron chi connectivity index (χ3n) is 3.32. The summed E-state index contributed by atoms with van der Waals surface area (Å²) >= 11 is 0. The molecule has 0 saturated heterocycles. The summed E-state index contributed by atoms with van der Waals surface area (Å²) in [6, 6.07) is 16.6. The van der Waals surface area contributed by atoms with E-state index in [-0.39, 0.29) is 5.92 Å². The van der Waals surface area contributed by atoms with E-state index in [1.807, 2.05) is 30.3 Å². The Morgan fingerprint density at radius 3 is 2.09 bits per heavy atom. The molecule has 0 unspecified atom stereocenters. The first-order chi connectivity index (χ1) is 10.6. The Morgan fingerprint density at radius 1 is 1.00 bits per heavy atom. The number of aliphatic carboxylic acids is 1. The predicted molar refractivity (Wildman–Crippen MR) is 81.9 cm³/mol. The Hall–Kier alpha value is -2.82. The van der Waals surface area contributed by atoms with E-state index >= 15 is 0 Å². The number of hydrogen-bond donors (Lipinski definition) is 2. The van der Waals surface area contributed by atoms with Crippen molar-refractivity contribution in [2.75, 3.05) is 0 Å². The quantitative estimate of drug-likeness (QED) is 0.889. The maximum Gasteiger partial charge on any atom is 0.413 e. The Kier molecular flexibility index (Phi) is 5.14. The number of rotatable bonds is 5. The van der Waals surface area contributed by atoms with Gasteiger partial charge >= 0.3 is 12.1 Å². The monoisotopic (exact) mass is 299 g/mol. The van der Waals surface area contributed by atoms with E-state index in [4.69, 9.17) is 4.74 Å². The fraction of sp³-hybridized carbons (Fsp3) is 0.176. The molecule has 0 fully saturated rings. The van der Waals surface area contributed by atoms with Gasteiger partial charge in [0.15, 0.2) is 0 Å². The summed E-state index contributed by atoms with van der Waals surface area (Å²) in [7, 11) is 0. The van der Waals surface area contributed by atoms with E-state index in [1.54, 1.807) is 37.3 Å². The zero-order valence-electron chi connectivity index (χ0n) is 12.1. The Labute approximate surface area is 128 Å². The second kappa shape index (κ2) is 7.26. The van der Waals surface area contributed by atoms with Gasteiger partial charge in [-0.05, 0) is 17.7 Å². The average Bonchev–Trinajstić information content (AvgIpc) is 2.53. The van der Waals surface area contributed by atoms with Gasteiger partial charge in [0, 0.05) is 5.92 Å². The van der Waals surface area contributed by atoms with Crippen molar-refractivity contribution in [3.8, 4) is 5.75 Å². The number of amides is 1. The first-order valence-electron chi connectivity index (χ1n) is 6.89. The molecule has 5 heteroatoms. The number of para-hydroxylation sites is 1. The highest BCUT2D eigenvalue weighted by molar-refractivity contribution is 5.81. The number of benzene rings is 2. The molecule has 0 aromatic heterocycles. The van der Waals surface area contributed by atoms with E-state index in [9.17, 15) is 14.7 Å². The van der Waals surface area contributed by atoms with Gasteiger partial charge in [-0.25, -0.2) is 9.59 Å². The highest BCUT2D eigenvalue weighted by Crippen LogP contribution is 2.19. The zero-order valence-corrected chi connectivity index (χ0v) is 12.1.